The van der Waals surface area contributed by atoms with Gasteiger partial charge in [0.1, 0.15) is 6.04 Å². The van der Waals surface area contributed by atoms with E-state index in [0.717, 1.165) is 32.5 Å². The summed E-state index contributed by atoms with van der Waals surface area (Å²) in [4.78, 5) is 25.1. The van der Waals surface area contributed by atoms with Crippen molar-refractivity contribution in [3.63, 3.8) is 0 Å². The molecule has 5 heteroatoms. The monoisotopic (exact) mass is 255 g/mol. The number of hydrogen-bond donors (Lipinski definition) is 0. The molecule has 2 rings (SSSR count). The minimum absolute atomic E-state index is 0.0810. The summed E-state index contributed by atoms with van der Waals surface area (Å²) in [6, 6.07) is -0.359. The predicted octanol–water partition coefficient (Wildman–Crippen LogP) is 0.967. The molecule has 102 valence electrons. The third kappa shape index (κ3) is 3.02. The van der Waals surface area contributed by atoms with Crippen LogP contribution in [0.4, 0.5) is 0 Å². The van der Waals surface area contributed by atoms with E-state index >= 15 is 0 Å². The van der Waals surface area contributed by atoms with Crippen molar-refractivity contribution in [3.8, 4) is 0 Å². The van der Waals surface area contributed by atoms with Crippen LogP contribution in [0.25, 0.3) is 0 Å². The van der Waals surface area contributed by atoms with Gasteiger partial charge in [0.25, 0.3) is 0 Å². The Morgan fingerprint density at radius 1 is 1.39 bits per heavy atom. The molecule has 0 radical (unpaired) electrons. The van der Waals surface area contributed by atoms with Gasteiger partial charge in [-0.1, -0.05) is 0 Å². The molecule has 0 aromatic carbocycles. The van der Waals surface area contributed by atoms with Crippen molar-refractivity contribution in [3.05, 3.63) is 0 Å². The second kappa shape index (κ2) is 6.18. The van der Waals surface area contributed by atoms with Gasteiger partial charge < -0.3 is 14.4 Å². The number of amides is 1. The first-order valence-corrected chi connectivity index (χ1v) is 6.67. The number of rotatable bonds is 4. The Hall–Kier alpha value is -1.10. The summed E-state index contributed by atoms with van der Waals surface area (Å²) in [6.45, 7) is 2.31. The van der Waals surface area contributed by atoms with E-state index in [1.165, 1.54) is 7.11 Å². The van der Waals surface area contributed by atoms with Gasteiger partial charge in [0.05, 0.1) is 7.11 Å². The smallest absolute Gasteiger partial charge is 0.328 e. The van der Waals surface area contributed by atoms with Crippen LogP contribution in [0.15, 0.2) is 0 Å². The van der Waals surface area contributed by atoms with Gasteiger partial charge in [-0.25, -0.2) is 4.79 Å². The van der Waals surface area contributed by atoms with Gasteiger partial charge in [0.15, 0.2) is 0 Å². The maximum Gasteiger partial charge on any atom is 0.328 e. The molecule has 5 nitrogen and oxygen atoms in total. The Bertz CT molecular complexity index is 312. The van der Waals surface area contributed by atoms with Crippen LogP contribution >= 0.6 is 0 Å². The number of ether oxygens (including phenoxy) is 2. The minimum Gasteiger partial charge on any atom is -0.467 e. The van der Waals surface area contributed by atoms with Crippen molar-refractivity contribution in [1.82, 2.24) is 4.90 Å². The quantitative estimate of drug-likeness (QED) is 0.702. The molecule has 0 aliphatic carbocycles. The lowest BCUT2D eigenvalue weighted by Crippen LogP contribution is -2.40. The van der Waals surface area contributed by atoms with Crippen molar-refractivity contribution >= 4 is 11.9 Å². The summed E-state index contributed by atoms with van der Waals surface area (Å²) in [6.07, 6.45) is 4.14. The molecule has 0 bridgehead atoms. The standard InChI is InChI=1S/C13H21NO4/c1-17-13(16)11-2-3-12(15)14(11)7-4-10-5-8-18-9-6-10/h10-11H,2-9H2,1H3. The van der Waals surface area contributed by atoms with E-state index in [-0.39, 0.29) is 17.9 Å². The van der Waals surface area contributed by atoms with Crippen LogP contribution in [0.1, 0.15) is 32.1 Å². The molecule has 0 N–H and O–H groups in total. The van der Waals surface area contributed by atoms with Gasteiger partial charge >= 0.3 is 5.97 Å². The molecule has 1 atom stereocenters. The molecule has 2 aliphatic rings. The summed E-state index contributed by atoms with van der Waals surface area (Å²) < 4.78 is 10.1. The highest BCUT2D eigenvalue weighted by Gasteiger charge is 2.36. The zero-order valence-corrected chi connectivity index (χ0v) is 10.9. The van der Waals surface area contributed by atoms with E-state index in [0.29, 0.717) is 25.3 Å². The molecule has 18 heavy (non-hydrogen) atoms. The maximum absolute atomic E-state index is 11.8. The highest BCUT2D eigenvalue weighted by atomic mass is 16.5. The topological polar surface area (TPSA) is 55.8 Å². The molecule has 0 saturated carbocycles. The van der Waals surface area contributed by atoms with E-state index in [4.69, 9.17) is 9.47 Å². The van der Waals surface area contributed by atoms with Gasteiger partial charge in [-0.3, -0.25) is 4.79 Å². The molecule has 2 fully saturated rings. The number of nitrogens with zero attached hydrogens (tertiary/aromatic N) is 1. The van der Waals surface area contributed by atoms with Crippen LogP contribution in [0.5, 0.6) is 0 Å². The van der Waals surface area contributed by atoms with Crippen molar-refractivity contribution in [1.29, 1.82) is 0 Å². The highest BCUT2D eigenvalue weighted by Crippen LogP contribution is 2.24. The van der Waals surface area contributed by atoms with Crippen molar-refractivity contribution < 1.29 is 19.1 Å². The highest BCUT2D eigenvalue weighted by molar-refractivity contribution is 5.88. The van der Waals surface area contributed by atoms with E-state index in [9.17, 15) is 9.59 Å². The second-order valence-electron chi connectivity index (χ2n) is 5.01. The maximum atomic E-state index is 11.8. The van der Waals surface area contributed by atoms with Crippen LogP contribution in [0, 0.1) is 5.92 Å². The number of likely N-dealkylation sites (tertiary alicyclic amines) is 1. The summed E-state index contributed by atoms with van der Waals surface area (Å²) in [5.41, 5.74) is 0. The minimum atomic E-state index is -0.359. The number of hydrogen-bond acceptors (Lipinski definition) is 4. The van der Waals surface area contributed by atoms with Gasteiger partial charge in [-0.05, 0) is 31.6 Å². The Kier molecular flexibility index (Phi) is 4.58. The number of carbonyl (C=O) groups is 2. The largest absolute Gasteiger partial charge is 0.467 e. The molecule has 0 aromatic heterocycles. The Balaban J connectivity index is 1.85. The SMILES string of the molecule is COC(=O)C1CCC(=O)N1CCC1CCOCC1. The average Bonchev–Trinajstić information content (AvgIpc) is 2.78. The van der Waals surface area contributed by atoms with Crippen LogP contribution in [-0.4, -0.2) is 49.7 Å². The van der Waals surface area contributed by atoms with Gasteiger partial charge in [0, 0.05) is 26.2 Å². The second-order valence-corrected chi connectivity index (χ2v) is 5.01. The third-order valence-electron chi connectivity index (χ3n) is 3.92. The normalized spacial score (nSPS) is 25.5. The summed E-state index contributed by atoms with van der Waals surface area (Å²) in [7, 11) is 1.38. The predicted molar refractivity (Wildman–Crippen MR) is 64.9 cm³/mol. The van der Waals surface area contributed by atoms with E-state index < -0.39 is 0 Å². The first-order valence-electron chi connectivity index (χ1n) is 6.67. The van der Waals surface area contributed by atoms with E-state index in [2.05, 4.69) is 0 Å². The average molecular weight is 255 g/mol. The lowest BCUT2D eigenvalue weighted by Gasteiger charge is -2.27. The molecule has 2 saturated heterocycles. The molecular weight excluding hydrogens is 234 g/mol. The zero-order valence-electron chi connectivity index (χ0n) is 10.9. The van der Waals surface area contributed by atoms with Gasteiger partial charge in [0.2, 0.25) is 5.91 Å². The molecule has 2 heterocycles. The fourth-order valence-electron chi connectivity index (χ4n) is 2.75. The van der Waals surface area contributed by atoms with Crippen molar-refractivity contribution in [2.45, 2.75) is 38.1 Å². The third-order valence-corrected chi connectivity index (χ3v) is 3.92. The molecular formula is C13H21NO4. The fraction of sp³-hybridized carbons (Fsp3) is 0.846. The molecule has 2 aliphatic heterocycles. The fourth-order valence-corrected chi connectivity index (χ4v) is 2.75. The number of carbonyl (C=O) groups excluding carboxylic acids is 2. The first kappa shape index (κ1) is 13.3. The van der Waals surface area contributed by atoms with E-state index in [1.807, 2.05) is 0 Å². The van der Waals surface area contributed by atoms with Gasteiger partial charge in [-0.2, -0.15) is 0 Å². The van der Waals surface area contributed by atoms with Crippen molar-refractivity contribution in [2.75, 3.05) is 26.9 Å². The van der Waals surface area contributed by atoms with Crippen LogP contribution in [0.2, 0.25) is 0 Å². The number of esters is 1. The zero-order chi connectivity index (χ0) is 13.0. The summed E-state index contributed by atoms with van der Waals surface area (Å²) in [5.74, 6) is 0.413. The molecule has 0 spiro atoms. The van der Waals surface area contributed by atoms with Crippen LogP contribution in [-0.2, 0) is 19.1 Å². The molecule has 1 amide bonds. The van der Waals surface area contributed by atoms with Crippen LogP contribution < -0.4 is 0 Å². The number of methoxy groups -OCH3 is 1. The molecule has 0 aromatic rings. The summed E-state index contributed by atoms with van der Waals surface area (Å²) >= 11 is 0. The lowest BCUT2D eigenvalue weighted by molar-refractivity contribution is -0.149. The Labute approximate surface area is 107 Å². The van der Waals surface area contributed by atoms with Crippen LogP contribution in [0.3, 0.4) is 0 Å². The summed E-state index contributed by atoms with van der Waals surface area (Å²) in [5, 5.41) is 0. The van der Waals surface area contributed by atoms with E-state index in [1.54, 1.807) is 4.90 Å². The first-order chi connectivity index (χ1) is 8.72. The Morgan fingerprint density at radius 3 is 2.78 bits per heavy atom. The Morgan fingerprint density at radius 2 is 2.11 bits per heavy atom. The van der Waals surface area contributed by atoms with Gasteiger partial charge in [-0.15, -0.1) is 0 Å². The lowest BCUT2D eigenvalue weighted by atomic mass is 9.96. The van der Waals surface area contributed by atoms with Crippen molar-refractivity contribution in [2.24, 2.45) is 5.92 Å². The molecule has 1 unspecified atom stereocenters.